The maximum absolute atomic E-state index is 13.5. The van der Waals surface area contributed by atoms with Gasteiger partial charge < -0.3 is 35.6 Å². The number of amides is 3. The van der Waals surface area contributed by atoms with Crippen LogP contribution in [0, 0.1) is 6.92 Å². The molecule has 0 saturated heterocycles. The highest BCUT2D eigenvalue weighted by molar-refractivity contribution is 5.99. The van der Waals surface area contributed by atoms with Crippen molar-refractivity contribution in [3.05, 3.63) is 59.7 Å². The van der Waals surface area contributed by atoms with Gasteiger partial charge in [-0.3, -0.25) is 9.59 Å². The van der Waals surface area contributed by atoms with Crippen LogP contribution in [-0.4, -0.2) is 69.5 Å². The largest absolute Gasteiger partial charge is 0.508 e. The zero-order valence-corrected chi connectivity index (χ0v) is 20.3. The van der Waals surface area contributed by atoms with Crippen molar-refractivity contribution in [1.82, 2.24) is 10.2 Å². The molecule has 0 spiro atoms. The van der Waals surface area contributed by atoms with Crippen LogP contribution in [0.1, 0.15) is 37.9 Å². The Bertz CT molecular complexity index is 1020. The van der Waals surface area contributed by atoms with Crippen molar-refractivity contribution in [1.29, 1.82) is 0 Å². The summed E-state index contributed by atoms with van der Waals surface area (Å²) in [7, 11) is 0. The number of carbonyl (C=O) groups is 3. The van der Waals surface area contributed by atoms with Crippen LogP contribution in [0.2, 0.25) is 0 Å². The molecule has 10 heteroatoms. The fraction of sp³-hybridized carbons (Fsp3) is 0.400. The quantitative estimate of drug-likeness (QED) is 0.364. The van der Waals surface area contributed by atoms with E-state index < -0.39 is 48.8 Å². The van der Waals surface area contributed by atoms with E-state index in [1.807, 2.05) is 19.1 Å². The van der Waals surface area contributed by atoms with Crippen LogP contribution in [-0.2, 0) is 14.3 Å². The lowest BCUT2D eigenvalue weighted by Crippen LogP contribution is -2.54. The topological polar surface area (TPSA) is 148 Å². The van der Waals surface area contributed by atoms with Crippen molar-refractivity contribution < 1.29 is 34.4 Å². The van der Waals surface area contributed by atoms with Crippen LogP contribution in [0.3, 0.4) is 0 Å². The van der Waals surface area contributed by atoms with Gasteiger partial charge in [-0.1, -0.05) is 30.3 Å². The van der Waals surface area contributed by atoms with Crippen LogP contribution in [0.5, 0.6) is 5.75 Å². The molecule has 0 aliphatic carbocycles. The van der Waals surface area contributed by atoms with E-state index in [4.69, 9.17) is 4.74 Å². The first-order chi connectivity index (χ1) is 16.5. The summed E-state index contributed by atoms with van der Waals surface area (Å²) in [5.41, 5.74) is 0.845. The summed E-state index contributed by atoms with van der Waals surface area (Å²) in [4.78, 5) is 40.2. The third kappa shape index (κ3) is 7.97. The predicted octanol–water partition coefficient (Wildman–Crippen LogP) is 2.09. The lowest BCUT2D eigenvalue weighted by atomic mass is 10.0. The minimum absolute atomic E-state index is 0.0355. The van der Waals surface area contributed by atoms with Gasteiger partial charge in [0.05, 0.1) is 13.2 Å². The molecule has 2 atom stereocenters. The minimum Gasteiger partial charge on any atom is -0.508 e. The molecule has 2 unspecified atom stereocenters. The number of alkyl carbamates (subject to hydrolysis) is 1. The van der Waals surface area contributed by atoms with Crippen molar-refractivity contribution >= 4 is 23.6 Å². The highest BCUT2D eigenvalue weighted by atomic mass is 16.6. The molecule has 2 rings (SSSR count). The SMILES string of the molecule is Cc1ccccc1NC(=O)C(c1ccc(O)cc1)N(CCO)C(=O)C(CO)NC(=O)OC(C)(C)C. The van der Waals surface area contributed by atoms with Crippen molar-refractivity contribution in [2.75, 3.05) is 25.1 Å². The highest BCUT2D eigenvalue weighted by Crippen LogP contribution is 2.26. The second-order valence-corrected chi connectivity index (χ2v) is 8.93. The summed E-state index contributed by atoms with van der Waals surface area (Å²) in [6, 6.07) is 10.1. The molecule has 3 amide bonds. The number of para-hydroxylation sites is 1. The zero-order chi connectivity index (χ0) is 26.2. The average Bonchev–Trinajstić information content (AvgIpc) is 2.78. The first-order valence-electron chi connectivity index (χ1n) is 11.1. The number of nitrogens with zero attached hydrogens (tertiary/aromatic N) is 1. The molecule has 0 heterocycles. The molecule has 0 fully saturated rings. The summed E-state index contributed by atoms with van der Waals surface area (Å²) in [6.45, 7) is 5.25. The molecule has 2 aromatic carbocycles. The van der Waals surface area contributed by atoms with Crippen LogP contribution < -0.4 is 10.6 Å². The van der Waals surface area contributed by atoms with Gasteiger partial charge in [-0.25, -0.2) is 4.79 Å². The number of ether oxygens (including phenoxy) is 1. The zero-order valence-electron chi connectivity index (χ0n) is 20.3. The number of phenols is 1. The molecule has 0 saturated carbocycles. The Labute approximate surface area is 204 Å². The fourth-order valence-electron chi connectivity index (χ4n) is 3.35. The minimum atomic E-state index is -1.43. The van der Waals surface area contributed by atoms with Gasteiger partial charge in [0.2, 0.25) is 5.91 Å². The molecular weight excluding hydrogens is 454 g/mol. The first-order valence-corrected chi connectivity index (χ1v) is 11.1. The molecule has 0 aliphatic heterocycles. The van der Waals surface area contributed by atoms with Gasteiger partial charge in [-0.05, 0) is 57.0 Å². The van der Waals surface area contributed by atoms with Gasteiger partial charge in [-0.15, -0.1) is 0 Å². The van der Waals surface area contributed by atoms with E-state index in [2.05, 4.69) is 10.6 Å². The van der Waals surface area contributed by atoms with E-state index in [-0.39, 0.29) is 12.3 Å². The van der Waals surface area contributed by atoms with Crippen LogP contribution in [0.15, 0.2) is 48.5 Å². The lowest BCUT2D eigenvalue weighted by Gasteiger charge is -2.33. The summed E-state index contributed by atoms with van der Waals surface area (Å²) < 4.78 is 5.17. The summed E-state index contributed by atoms with van der Waals surface area (Å²) >= 11 is 0. The fourth-order valence-corrected chi connectivity index (χ4v) is 3.35. The second kappa shape index (κ2) is 12.2. The van der Waals surface area contributed by atoms with Crippen LogP contribution in [0.4, 0.5) is 10.5 Å². The van der Waals surface area contributed by atoms with Crippen molar-refractivity contribution in [3.8, 4) is 5.75 Å². The van der Waals surface area contributed by atoms with Crippen LogP contribution in [0.25, 0.3) is 0 Å². The Balaban J connectivity index is 2.43. The number of rotatable bonds is 9. The van der Waals surface area contributed by atoms with E-state index >= 15 is 0 Å². The third-order valence-electron chi connectivity index (χ3n) is 4.97. The van der Waals surface area contributed by atoms with Gasteiger partial charge in [0, 0.05) is 12.2 Å². The maximum Gasteiger partial charge on any atom is 0.408 e. The number of benzene rings is 2. The number of carbonyl (C=O) groups excluding carboxylic acids is 3. The monoisotopic (exact) mass is 487 g/mol. The Morgan fingerprint density at radius 3 is 2.20 bits per heavy atom. The predicted molar refractivity (Wildman–Crippen MR) is 130 cm³/mol. The maximum atomic E-state index is 13.5. The number of hydrogen-bond donors (Lipinski definition) is 5. The second-order valence-electron chi connectivity index (χ2n) is 8.93. The number of aromatic hydroxyl groups is 1. The molecular formula is C25H33N3O7. The molecule has 0 aliphatic rings. The number of nitrogens with one attached hydrogen (secondary N) is 2. The summed E-state index contributed by atoms with van der Waals surface area (Å²) in [5, 5.41) is 34.4. The van der Waals surface area contributed by atoms with E-state index in [1.54, 1.807) is 32.9 Å². The van der Waals surface area contributed by atoms with Gasteiger partial charge in [-0.2, -0.15) is 0 Å². The lowest BCUT2D eigenvalue weighted by molar-refractivity contribution is -0.142. The Hall–Kier alpha value is -3.63. The number of phenolic OH excluding ortho intramolecular Hbond substituents is 1. The number of aliphatic hydroxyl groups is 2. The van der Waals surface area contributed by atoms with Gasteiger partial charge >= 0.3 is 6.09 Å². The molecule has 2 aromatic rings. The Morgan fingerprint density at radius 1 is 1.03 bits per heavy atom. The number of aryl methyl sites for hydroxylation is 1. The van der Waals surface area contributed by atoms with E-state index in [1.165, 1.54) is 24.3 Å². The molecule has 10 nitrogen and oxygen atoms in total. The average molecular weight is 488 g/mol. The molecule has 0 radical (unpaired) electrons. The third-order valence-corrected chi connectivity index (χ3v) is 4.97. The number of aliphatic hydroxyl groups excluding tert-OH is 2. The van der Waals surface area contributed by atoms with Gasteiger partial charge in [0.25, 0.3) is 5.91 Å². The van der Waals surface area contributed by atoms with Crippen molar-refractivity contribution in [3.63, 3.8) is 0 Å². The molecule has 35 heavy (non-hydrogen) atoms. The number of anilines is 1. The van der Waals surface area contributed by atoms with E-state index in [0.29, 0.717) is 11.3 Å². The van der Waals surface area contributed by atoms with Gasteiger partial charge in [0.15, 0.2) is 0 Å². The number of hydrogen-bond acceptors (Lipinski definition) is 7. The van der Waals surface area contributed by atoms with Crippen molar-refractivity contribution in [2.24, 2.45) is 0 Å². The molecule has 0 aromatic heterocycles. The molecule has 0 bridgehead atoms. The van der Waals surface area contributed by atoms with E-state index in [9.17, 15) is 29.7 Å². The normalized spacial score (nSPS) is 12.9. The van der Waals surface area contributed by atoms with E-state index in [0.717, 1.165) is 10.5 Å². The summed E-state index contributed by atoms with van der Waals surface area (Å²) in [6.07, 6.45) is -0.917. The van der Waals surface area contributed by atoms with Crippen molar-refractivity contribution in [2.45, 2.75) is 45.4 Å². The Kier molecular flexibility index (Phi) is 9.61. The van der Waals surface area contributed by atoms with Gasteiger partial charge in [0.1, 0.15) is 23.4 Å². The Morgan fingerprint density at radius 2 is 1.66 bits per heavy atom. The molecule has 190 valence electrons. The smallest absolute Gasteiger partial charge is 0.408 e. The summed E-state index contributed by atoms with van der Waals surface area (Å²) in [5.74, 6) is -1.42. The standard InChI is InChI=1S/C25H33N3O7/c1-16-7-5-6-8-19(16)26-22(32)21(17-9-11-18(31)12-10-17)28(13-14-29)23(33)20(15-30)27-24(34)35-25(2,3)4/h5-12,20-21,29-31H,13-15H2,1-4H3,(H,26,32)(H,27,34). The van der Waals surface area contributed by atoms with Crippen LogP contribution >= 0.6 is 0 Å². The highest BCUT2D eigenvalue weighted by Gasteiger charge is 2.36. The molecule has 5 N–H and O–H groups in total. The first kappa shape index (κ1) is 27.6.